The van der Waals surface area contributed by atoms with Gasteiger partial charge < -0.3 is 21.3 Å². The lowest BCUT2D eigenvalue weighted by molar-refractivity contribution is -0.118. The summed E-state index contributed by atoms with van der Waals surface area (Å²) in [6.45, 7) is 3.71. The van der Waals surface area contributed by atoms with E-state index in [1.54, 1.807) is 36.4 Å². The van der Waals surface area contributed by atoms with E-state index in [-0.39, 0.29) is 23.8 Å². The number of hydrogen-bond donors (Lipinski definition) is 4. The number of rotatable bonds is 7. The first-order valence-electron chi connectivity index (χ1n) is 9.76. The molecule has 1 saturated carbocycles. The van der Waals surface area contributed by atoms with E-state index in [0.717, 1.165) is 12.8 Å². The largest absolute Gasteiger partial charge is 0.349 e. The maximum atomic E-state index is 12.8. The second kappa shape index (κ2) is 9.23. The van der Waals surface area contributed by atoms with E-state index < -0.39 is 12.1 Å². The number of amides is 4. The molecule has 0 radical (unpaired) electrons. The van der Waals surface area contributed by atoms with Crippen molar-refractivity contribution in [2.45, 2.75) is 38.8 Å². The van der Waals surface area contributed by atoms with Crippen molar-refractivity contribution in [1.82, 2.24) is 10.6 Å². The summed E-state index contributed by atoms with van der Waals surface area (Å²) in [5, 5.41) is 11.1. The van der Waals surface area contributed by atoms with E-state index in [1.165, 1.54) is 0 Å². The van der Waals surface area contributed by atoms with Gasteiger partial charge in [0.25, 0.3) is 5.91 Å². The van der Waals surface area contributed by atoms with Crippen LogP contribution in [0.5, 0.6) is 0 Å². The van der Waals surface area contributed by atoms with Crippen molar-refractivity contribution in [2.24, 2.45) is 5.92 Å². The van der Waals surface area contributed by atoms with Crippen LogP contribution in [-0.2, 0) is 4.79 Å². The molecule has 1 aliphatic rings. The number of carbonyl (C=O) groups excluding carboxylic acids is 3. The van der Waals surface area contributed by atoms with E-state index in [0.29, 0.717) is 16.9 Å². The molecular formula is C22H26N4O3. The number of hydrogen-bond acceptors (Lipinski definition) is 3. The van der Waals surface area contributed by atoms with E-state index in [9.17, 15) is 14.4 Å². The number of para-hydroxylation sites is 1. The lowest BCUT2D eigenvalue weighted by Gasteiger charge is -2.22. The molecule has 0 aromatic heterocycles. The Bertz CT molecular complexity index is 879. The minimum absolute atomic E-state index is 0.127. The molecule has 0 bridgehead atoms. The van der Waals surface area contributed by atoms with Gasteiger partial charge in [0.15, 0.2) is 0 Å². The van der Waals surface area contributed by atoms with Crippen molar-refractivity contribution in [2.75, 3.05) is 10.6 Å². The smallest absolute Gasteiger partial charge is 0.319 e. The van der Waals surface area contributed by atoms with E-state index in [4.69, 9.17) is 0 Å². The van der Waals surface area contributed by atoms with Crippen molar-refractivity contribution in [3.63, 3.8) is 0 Å². The van der Waals surface area contributed by atoms with Crippen LogP contribution in [0.4, 0.5) is 16.2 Å². The fourth-order valence-electron chi connectivity index (χ4n) is 2.82. The molecule has 0 aliphatic heterocycles. The number of carbonyl (C=O) groups is 3. The first-order valence-corrected chi connectivity index (χ1v) is 9.76. The zero-order valence-corrected chi connectivity index (χ0v) is 16.6. The first kappa shape index (κ1) is 20.4. The highest BCUT2D eigenvalue weighted by Crippen LogP contribution is 2.20. The highest BCUT2D eigenvalue weighted by Gasteiger charge is 2.26. The Labute approximate surface area is 170 Å². The van der Waals surface area contributed by atoms with Crippen LogP contribution in [0.3, 0.4) is 0 Å². The summed E-state index contributed by atoms with van der Waals surface area (Å²) in [6, 6.07) is 14.9. The van der Waals surface area contributed by atoms with Gasteiger partial charge >= 0.3 is 6.03 Å². The standard InChI is InChI=1S/C22H26N4O3/c1-14(2)19(26-22(29)25-16-8-4-3-5-9-16)21(28)24-18-10-6-7-15(13-18)20(27)23-17-11-12-17/h3-10,13-14,17,19H,11-12H2,1-2H3,(H,23,27)(H,24,28)(H2,25,26,29). The molecule has 4 amide bonds. The molecule has 0 spiro atoms. The molecule has 2 aromatic carbocycles. The zero-order valence-electron chi connectivity index (χ0n) is 16.6. The molecule has 0 saturated heterocycles. The molecule has 1 aliphatic carbocycles. The predicted octanol–water partition coefficient (Wildman–Crippen LogP) is 3.36. The average Bonchev–Trinajstić information content (AvgIpc) is 3.50. The van der Waals surface area contributed by atoms with Crippen molar-refractivity contribution in [1.29, 1.82) is 0 Å². The Morgan fingerprint density at radius 3 is 2.24 bits per heavy atom. The molecule has 4 N–H and O–H groups in total. The van der Waals surface area contributed by atoms with Crippen LogP contribution in [0.25, 0.3) is 0 Å². The average molecular weight is 394 g/mol. The summed E-state index contributed by atoms with van der Waals surface area (Å²) in [6.07, 6.45) is 2.02. The van der Waals surface area contributed by atoms with E-state index in [2.05, 4.69) is 21.3 Å². The molecular weight excluding hydrogens is 368 g/mol. The van der Waals surface area contributed by atoms with Crippen molar-refractivity contribution < 1.29 is 14.4 Å². The maximum Gasteiger partial charge on any atom is 0.319 e. The Balaban J connectivity index is 1.61. The van der Waals surface area contributed by atoms with Crippen molar-refractivity contribution in [3.8, 4) is 0 Å². The normalized spacial score (nSPS) is 14.0. The molecule has 2 aromatic rings. The predicted molar refractivity (Wildman–Crippen MR) is 113 cm³/mol. The van der Waals surface area contributed by atoms with Crippen molar-refractivity contribution in [3.05, 3.63) is 60.2 Å². The van der Waals surface area contributed by atoms with Crippen LogP contribution in [0, 0.1) is 5.92 Å². The molecule has 29 heavy (non-hydrogen) atoms. The lowest BCUT2D eigenvalue weighted by Crippen LogP contribution is -2.48. The molecule has 7 heteroatoms. The van der Waals surface area contributed by atoms with E-state index >= 15 is 0 Å². The summed E-state index contributed by atoms with van der Waals surface area (Å²) in [5.41, 5.74) is 1.64. The minimum Gasteiger partial charge on any atom is -0.349 e. The number of nitrogens with one attached hydrogen (secondary N) is 4. The van der Waals surface area contributed by atoms with Gasteiger partial charge in [0.1, 0.15) is 6.04 Å². The summed E-state index contributed by atoms with van der Waals surface area (Å²) >= 11 is 0. The highest BCUT2D eigenvalue weighted by atomic mass is 16.2. The monoisotopic (exact) mass is 394 g/mol. The molecule has 1 atom stereocenters. The van der Waals surface area contributed by atoms with E-state index in [1.807, 2.05) is 32.0 Å². The Hall–Kier alpha value is -3.35. The summed E-state index contributed by atoms with van der Waals surface area (Å²) in [5.74, 6) is -0.620. The van der Waals surface area contributed by atoms with Gasteiger partial charge in [-0.2, -0.15) is 0 Å². The SMILES string of the molecule is CC(C)C(NC(=O)Nc1ccccc1)C(=O)Nc1cccc(C(=O)NC2CC2)c1. The molecule has 0 heterocycles. The van der Waals surface area contributed by atoms with Crippen LogP contribution in [0.1, 0.15) is 37.0 Å². The molecule has 1 unspecified atom stereocenters. The van der Waals surface area contributed by atoms with Crippen LogP contribution in [0.2, 0.25) is 0 Å². The summed E-state index contributed by atoms with van der Waals surface area (Å²) in [7, 11) is 0. The van der Waals surface area contributed by atoms with Crippen LogP contribution in [-0.4, -0.2) is 29.9 Å². The van der Waals surface area contributed by atoms with Crippen LogP contribution < -0.4 is 21.3 Å². The molecule has 152 valence electrons. The second-order valence-corrected chi connectivity index (χ2v) is 7.50. The van der Waals surface area contributed by atoms with Gasteiger partial charge in [-0.1, -0.05) is 38.1 Å². The van der Waals surface area contributed by atoms with Crippen LogP contribution >= 0.6 is 0 Å². The maximum absolute atomic E-state index is 12.8. The highest BCUT2D eigenvalue weighted by molar-refractivity contribution is 6.01. The van der Waals surface area contributed by atoms with Gasteiger partial charge in [0.2, 0.25) is 5.91 Å². The summed E-state index contributed by atoms with van der Waals surface area (Å²) in [4.78, 5) is 37.2. The molecule has 7 nitrogen and oxygen atoms in total. The summed E-state index contributed by atoms with van der Waals surface area (Å²) < 4.78 is 0. The number of anilines is 2. The topological polar surface area (TPSA) is 99.3 Å². The number of benzene rings is 2. The fourth-order valence-corrected chi connectivity index (χ4v) is 2.82. The van der Waals surface area contributed by atoms with Gasteiger partial charge in [0.05, 0.1) is 0 Å². The Kier molecular flexibility index (Phi) is 6.49. The Morgan fingerprint density at radius 2 is 1.59 bits per heavy atom. The zero-order chi connectivity index (χ0) is 20.8. The van der Waals surface area contributed by atoms with Gasteiger partial charge in [-0.3, -0.25) is 9.59 Å². The van der Waals surface area contributed by atoms with Gasteiger partial charge in [-0.15, -0.1) is 0 Å². The van der Waals surface area contributed by atoms with Gasteiger partial charge in [-0.05, 0) is 49.1 Å². The Morgan fingerprint density at radius 1 is 0.897 bits per heavy atom. The second-order valence-electron chi connectivity index (χ2n) is 7.50. The third-order valence-electron chi connectivity index (χ3n) is 4.57. The molecule has 1 fully saturated rings. The van der Waals surface area contributed by atoms with Crippen LogP contribution in [0.15, 0.2) is 54.6 Å². The fraction of sp³-hybridized carbons (Fsp3) is 0.318. The lowest BCUT2D eigenvalue weighted by atomic mass is 10.0. The van der Waals surface area contributed by atoms with Gasteiger partial charge in [0, 0.05) is 23.0 Å². The minimum atomic E-state index is -0.734. The molecule has 3 rings (SSSR count). The quantitative estimate of drug-likeness (QED) is 0.579. The van der Waals surface area contributed by atoms with Crippen molar-refractivity contribution >= 4 is 29.2 Å². The third-order valence-corrected chi connectivity index (χ3v) is 4.57. The third kappa shape index (κ3) is 6.07. The number of urea groups is 1. The first-order chi connectivity index (χ1) is 13.9. The van der Waals surface area contributed by atoms with Gasteiger partial charge in [-0.25, -0.2) is 4.79 Å².